The molecular formula is Cl9NSi3. The van der Waals surface area contributed by atoms with Crippen molar-refractivity contribution >= 4 is 118 Å². The standard InChI is InChI=1S/Cl9NSi3/c1-11(2,3)10(12(4,5)6)13(7,8)9. The van der Waals surface area contributed by atoms with Crippen molar-refractivity contribution in [2.75, 3.05) is 0 Å². The highest BCUT2D eigenvalue weighted by atomic mass is 35.9. The van der Waals surface area contributed by atoms with E-state index in [4.69, 9.17) is 99.7 Å². The lowest BCUT2D eigenvalue weighted by Gasteiger charge is -2.35. The molecule has 0 unspecified atom stereocenters. The van der Waals surface area contributed by atoms with Gasteiger partial charge < -0.3 is 0 Å². The Hall–Kier alpha value is 3.22. The summed E-state index contributed by atoms with van der Waals surface area (Å²) in [5, 5.41) is 0. The quantitative estimate of drug-likeness (QED) is 0.474. The fourth-order valence-corrected chi connectivity index (χ4v) is 34.9. The zero-order chi connectivity index (χ0) is 11.1. The van der Waals surface area contributed by atoms with Gasteiger partial charge in [0, 0.05) is 0 Å². The maximum atomic E-state index is 5.63. The molecule has 0 atom stereocenters. The van der Waals surface area contributed by atoms with Crippen LogP contribution in [0.1, 0.15) is 0 Å². The van der Waals surface area contributed by atoms with Crippen LogP contribution in [0.3, 0.4) is 0 Å². The lowest BCUT2D eigenvalue weighted by molar-refractivity contribution is 1.10. The molecule has 0 saturated heterocycles. The molecule has 0 saturated carbocycles. The maximum absolute atomic E-state index is 5.63. The van der Waals surface area contributed by atoms with E-state index in [1.54, 1.807) is 0 Å². The highest BCUT2D eigenvalue weighted by Crippen LogP contribution is 2.44. The molecule has 0 rings (SSSR count). The summed E-state index contributed by atoms with van der Waals surface area (Å²) < 4.78 is 0.868. The molecule has 0 aromatic carbocycles. The van der Waals surface area contributed by atoms with Crippen LogP contribution in [-0.2, 0) is 0 Å². The van der Waals surface area contributed by atoms with E-state index in [0.717, 1.165) is 3.90 Å². The van der Waals surface area contributed by atoms with Gasteiger partial charge in [0.2, 0.25) is 0 Å². The molecular weight excluding hydrogens is 417 g/mol. The second-order valence-electron chi connectivity index (χ2n) is 1.74. The van der Waals surface area contributed by atoms with Crippen LogP contribution in [0.2, 0.25) is 0 Å². The van der Waals surface area contributed by atoms with Gasteiger partial charge in [-0.1, -0.05) is 0 Å². The van der Waals surface area contributed by atoms with Crippen molar-refractivity contribution in [1.29, 1.82) is 0 Å². The Morgan fingerprint density at radius 1 is 0.462 bits per heavy atom. The van der Waals surface area contributed by atoms with E-state index in [1.807, 2.05) is 0 Å². The molecule has 0 spiro atoms. The minimum absolute atomic E-state index is 0.868. The molecule has 0 aromatic heterocycles. The Balaban J connectivity index is 5.02. The van der Waals surface area contributed by atoms with Gasteiger partial charge in [0.05, 0.1) is 0 Å². The summed E-state index contributed by atoms with van der Waals surface area (Å²) in [5.41, 5.74) is 0. The Kier molecular flexibility index (Phi) is 6.55. The zero-order valence-electron chi connectivity index (χ0n) is 5.35. The molecule has 0 fully saturated rings. The van der Waals surface area contributed by atoms with Crippen molar-refractivity contribution in [3.63, 3.8) is 0 Å². The fraction of sp³-hybridized carbons (Fsp3) is 0. The van der Waals surface area contributed by atoms with Crippen LogP contribution >= 0.6 is 99.7 Å². The monoisotopic (exact) mass is 413 g/mol. The summed E-state index contributed by atoms with van der Waals surface area (Å²) in [6.45, 7) is 0. The van der Waals surface area contributed by atoms with Crippen molar-refractivity contribution < 1.29 is 0 Å². The molecule has 0 radical (unpaired) electrons. The lowest BCUT2D eigenvalue weighted by Crippen LogP contribution is -2.60. The van der Waals surface area contributed by atoms with Crippen LogP contribution < -0.4 is 0 Å². The molecule has 0 bridgehead atoms. The van der Waals surface area contributed by atoms with Crippen LogP contribution in [0.25, 0.3) is 0 Å². The molecule has 0 aliphatic rings. The first-order valence-electron chi connectivity index (χ1n) is 2.37. The minimum Gasteiger partial charge on any atom is -0.258 e. The fourth-order valence-electron chi connectivity index (χ4n) is 0.431. The van der Waals surface area contributed by atoms with Gasteiger partial charge in [-0.05, 0) is 0 Å². The Morgan fingerprint density at radius 3 is 0.615 bits per heavy atom. The van der Waals surface area contributed by atoms with Crippen molar-refractivity contribution in [2.45, 2.75) is 0 Å². The van der Waals surface area contributed by atoms with Gasteiger partial charge in [-0.25, -0.2) is 0 Å². The van der Waals surface area contributed by atoms with Gasteiger partial charge in [-0.2, -0.15) is 0 Å². The maximum Gasteiger partial charge on any atom is 0.416 e. The molecule has 13 heavy (non-hydrogen) atoms. The SMILES string of the molecule is Cl[Si](Cl)(Cl)N([Si](Cl)(Cl)Cl)[Si](Cl)(Cl)Cl. The van der Waals surface area contributed by atoms with Gasteiger partial charge in [0.25, 0.3) is 0 Å². The molecule has 0 N–H and O–H groups in total. The topological polar surface area (TPSA) is 3.24 Å². The van der Waals surface area contributed by atoms with Gasteiger partial charge in [0.1, 0.15) is 0 Å². The molecule has 0 aliphatic carbocycles. The second kappa shape index (κ2) is 5.25. The van der Waals surface area contributed by atoms with Gasteiger partial charge >= 0.3 is 18.5 Å². The van der Waals surface area contributed by atoms with E-state index >= 15 is 0 Å². The van der Waals surface area contributed by atoms with Crippen LogP contribution in [0.15, 0.2) is 0 Å². The smallest absolute Gasteiger partial charge is 0.258 e. The molecule has 80 valence electrons. The normalized spacial score (nSPS) is 15.2. The van der Waals surface area contributed by atoms with Gasteiger partial charge in [0.15, 0.2) is 0 Å². The number of hydrogen-bond donors (Lipinski definition) is 0. The predicted octanol–water partition coefficient (Wildman–Crippen LogP) is 4.74. The summed E-state index contributed by atoms with van der Waals surface area (Å²) in [4.78, 5) is 0. The average molecular weight is 417 g/mol. The summed E-state index contributed by atoms with van der Waals surface area (Å²) in [5.74, 6) is 0. The van der Waals surface area contributed by atoms with E-state index in [2.05, 4.69) is 0 Å². The van der Waals surface area contributed by atoms with Crippen molar-refractivity contribution in [2.24, 2.45) is 0 Å². The second-order valence-corrected chi connectivity index (χ2v) is 27.2. The van der Waals surface area contributed by atoms with Crippen LogP contribution in [0.5, 0.6) is 0 Å². The summed E-state index contributed by atoms with van der Waals surface area (Å²) in [7, 11) is 0. The first-order valence-corrected chi connectivity index (χ1v) is 17.3. The number of hydrogen-bond acceptors (Lipinski definition) is 1. The molecule has 0 amide bonds. The molecule has 1 nitrogen and oxygen atoms in total. The lowest BCUT2D eigenvalue weighted by atomic mass is 13.8. The first kappa shape index (κ1) is 16.2. The third-order valence-electron chi connectivity index (χ3n) is 0.761. The minimum atomic E-state index is -3.48. The van der Waals surface area contributed by atoms with Gasteiger partial charge in [-0.15, -0.1) is 99.7 Å². The largest absolute Gasteiger partial charge is 0.416 e. The van der Waals surface area contributed by atoms with Crippen LogP contribution in [0, 0.1) is 0 Å². The summed E-state index contributed by atoms with van der Waals surface area (Å²) >= 11 is 50.6. The predicted molar refractivity (Wildman–Crippen MR) is 71.8 cm³/mol. The molecule has 0 heterocycles. The number of halogens is 9. The van der Waals surface area contributed by atoms with E-state index in [-0.39, 0.29) is 0 Å². The molecule has 0 aliphatic heterocycles. The number of rotatable bonds is 3. The third kappa shape index (κ3) is 5.91. The van der Waals surface area contributed by atoms with Crippen molar-refractivity contribution in [3.05, 3.63) is 0 Å². The Labute approximate surface area is 121 Å². The molecule has 13 heteroatoms. The summed E-state index contributed by atoms with van der Waals surface area (Å²) in [6.07, 6.45) is -10.4. The zero-order valence-corrected chi connectivity index (χ0v) is 15.2. The van der Waals surface area contributed by atoms with E-state index < -0.39 is 18.5 Å². The first-order chi connectivity index (χ1) is 5.37. The Morgan fingerprint density at radius 2 is 0.615 bits per heavy atom. The Bertz CT molecular complexity index is 137. The average Bonchev–Trinajstić information content (AvgIpc) is 1.44. The highest BCUT2D eigenvalue weighted by molar-refractivity contribution is 7.81. The van der Waals surface area contributed by atoms with Gasteiger partial charge in [-0.3, -0.25) is 3.90 Å². The number of nitrogens with zero attached hydrogens (tertiary/aromatic N) is 1. The van der Waals surface area contributed by atoms with E-state index in [1.165, 1.54) is 0 Å². The van der Waals surface area contributed by atoms with E-state index in [9.17, 15) is 0 Å². The van der Waals surface area contributed by atoms with Crippen LogP contribution in [0.4, 0.5) is 0 Å². The van der Waals surface area contributed by atoms with Crippen molar-refractivity contribution in [1.82, 2.24) is 3.90 Å². The summed E-state index contributed by atoms with van der Waals surface area (Å²) in [6, 6.07) is 0. The van der Waals surface area contributed by atoms with Crippen molar-refractivity contribution in [3.8, 4) is 0 Å². The van der Waals surface area contributed by atoms with E-state index in [0.29, 0.717) is 0 Å². The third-order valence-corrected chi connectivity index (χ3v) is 20.5. The highest BCUT2D eigenvalue weighted by Gasteiger charge is 2.59. The molecule has 0 aromatic rings. The van der Waals surface area contributed by atoms with Crippen LogP contribution in [-0.4, -0.2) is 22.4 Å².